The molecule has 0 spiro atoms. The second-order valence-electron chi connectivity index (χ2n) is 8.69. The van der Waals surface area contributed by atoms with E-state index in [1.165, 1.54) is 33.5 Å². The van der Waals surface area contributed by atoms with Crippen LogP contribution in [0, 0.1) is 11.6 Å². The normalized spacial score (nSPS) is 16.1. The Morgan fingerprint density at radius 2 is 2.13 bits per heavy atom. The van der Waals surface area contributed by atoms with E-state index in [1.54, 1.807) is 10.5 Å². The highest BCUT2D eigenvalue weighted by Gasteiger charge is 2.36. The lowest BCUT2D eigenvalue weighted by atomic mass is 10.2. The van der Waals surface area contributed by atoms with Crippen molar-refractivity contribution >= 4 is 23.2 Å². The number of amides is 2. The van der Waals surface area contributed by atoms with E-state index in [0.29, 0.717) is 25.3 Å². The van der Waals surface area contributed by atoms with Gasteiger partial charge in [-0.25, -0.2) is 13.8 Å². The quantitative estimate of drug-likeness (QED) is 0.209. The summed E-state index contributed by atoms with van der Waals surface area (Å²) in [4.78, 5) is 31.6. The number of aliphatic hydroxyl groups excluding tert-OH is 2. The third kappa shape index (κ3) is 8.05. The largest absolute Gasteiger partial charge is 0.507 e. The van der Waals surface area contributed by atoms with Crippen LogP contribution in [-0.2, 0) is 27.4 Å². The SMILES string of the molecule is CC(C)OCCCN1CN(Cc2cscn2)N(/C=C/C(=O)NCc2ccc(F)cc2F)/C(=C(/O)CO)C1=O. The summed E-state index contributed by atoms with van der Waals surface area (Å²) in [5, 5.41) is 27.4. The smallest absolute Gasteiger partial charge is 0.276 e. The molecule has 3 N–H and O–H groups in total. The molecule has 1 aliphatic rings. The Morgan fingerprint density at radius 1 is 1.34 bits per heavy atom. The molecule has 1 aromatic heterocycles. The van der Waals surface area contributed by atoms with Gasteiger partial charge in [-0.1, -0.05) is 6.07 Å². The standard InChI is InChI=1S/C25H31F2N5O5S/c1-17(2)37-9-3-7-30-16-31(12-20-14-38-15-29-20)32(24(25(30)36)22(34)13-33)8-6-23(35)28-11-18-4-5-19(26)10-21(18)27/h4-6,8,10,14-15,17,33-34H,3,7,9,11-13,16H2,1-2H3,(H,28,35)/b8-6+,24-22+. The van der Waals surface area contributed by atoms with E-state index in [4.69, 9.17) is 4.74 Å². The summed E-state index contributed by atoms with van der Waals surface area (Å²) in [5.41, 5.74) is 2.25. The first-order chi connectivity index (χ1) is 18.2. The van der Waals surface area contributed by atoms with Crippen molar-refractivity contribution in [2.45, 2.75) is 39.5 Å². The van der Waals surface area contributed by atoms with Crippen LogP contribution in [0.4, 0.5) is 8.78 Å². The van der Waals surface area contributed by atoms with Gasteiger partial charge in [0.1, 0.15) is 24.0 Å². The number of carbonyl (C=O) groups is 2. The Hall–Kier alpha value is -3.39. The molecule has 0 unspecified atom stereocenters. The van der Waals surface area contributed by atoms with Crippen molar-refractivity contribution in [1.82, 2.24) is 25.2 Å². The molecule has 10 nitrogen and oxygen atoms in total. The average molecular weight is 552 g/mol. The predicted octanol–water partition coefficient (Wildman–Crippen LogP) is 2.65. The predicted molar refractivity (Wildman–Crippen MR) is 136 cm³/mol. The molecule has 2 amide bonds. The van der Waals surface area contributed by atoms with Crippen molar-refractivity contribution < 1.29 is 33.3 Å². The molecule has 2 aromatic rings. The Kier molecular flexibility index (Phi) is 10.7. The van der Waals surface area contributed by atoms with E-state index >= 15 is 0 Å². The molecule has 0 atom stereocenters. The number of nitrogens with zero attached hydrogens (tertiary/aromatic N) is 4. The van der Waals surface area contributed by atoms with Crippen LogP contribution >= 0.6 is 11.3 Å². The number of hydrogen-bond acceptors (Lipinski definition) is 9. The van der Waals surface area contributed by atoms with Crippen molar-refractivity contribution in [2.75, 3.05) is 26.4 Å². The Balaban J connectivity index is 1.79. The highest BCUT2D eigenvalue weighted by atomic mass is 32.1. The maximum atomic E-state index is 13.9. The number of nitrogens with one attached hydrogen (secondary N) is 1. The Bertz CT molecular complexity index is 1160. The molecule has 1 aromatic carbocycles. The summed E-state index contributed by atoms with van der Waals surface area (Å²) in [6.07, 6.45) is 2.99. The van der Waals surface area contributed by atoms with Gasteiger partial charge in [-0.15, -0.1) is 11.3 Å². The van der Waals surface area contributed by atoms with Crippen molar-refractivity contribution in [3.05, 3.63) is 75.7 Å². The zero-order valence-corrected chi connectivity index (χ0v) is 22.0. The van der Waals surface area contributed by atoms with Crippen LogP contribution in [0.25, 0.3) is 0 Å². The lowest BCUT2D eigenvalue weighted by Gasteiger charge is -2.44. The average Bonchev–Trinajstić information content (AvgIpc) is 3.39. The van der Waals surface area contributed by atoms with Gasteiger partial charge in [-0.3, -0.25) is 14.6 Å². The molecule has 206 valence electrons. The van der Waals surface area contributed by atoms with Gasteiger partial charge in [0.25, 0.3) is 5.91 Å². The first kappa shape index (κ1) is 29.2. The van der Waals surface area contributed by atoms with E-state index in [-0.39, 0.29) is 37.1 Å². The van der Waals surface area contributed by atoms with Gasteiger partial charge < -0.3 is 25.2 Å². The van der Waals surface area contributed by atoms with Crippen LogP contribution in [0.5, 0.6) is 0 Å². The van der Waals surface area contributed by atoms with Gasteiger partial charge in [0.05, 0.1) is 30.5 Å². The van der Waals surface area contributed by atoms with E-state index < -0.39 is 35.8 Å². The monoisotopic (exact) mass is 551 g/mol. The molecule has 1 fully saturated rings. The van der Waals surface area contributed by atoms with Crippen molar-refractivity contribution in [3.8, 4) is 0 Å². The number of thiazole rings is 1. The molecule has 2 heterocycles. The zero-order chi connectivity index (χ0) is 27.7. The lowest BCUT2D eigenvalue weighted by molar-refractivity contribution is -0.147. The van der Waals surface area contributed by atoms with Crippen molar-refractivity contribution in [2.24, 2.45) is 0 Å². The molecule has 0 aliphatic carbocycles. The number of benzene rings is 1. The molecule has 0 radical (unpaired) electrons. The summed E-state index contributed by atoms with van der Waals surface area (Å²) >= 11 is 1.40. The minimum Gasteiger partial charge on any atom is -0.507 e. The van der Waals surface area contributed by atoms with Crippen LogP contribution in [0.1, 0.15) is 31.5 Å². The number of rotatable bonds is 12. The van der Waals surface area contributed by atoms with Gasteiger partial charge in [-0.2, -0.15) is 5.01 Å². The fraction of sp³-hybridized carbons (Fsp3) is 0.400. The highest BCUT2D eigenvalue weighted by Crippen LogP contribution is 2.24. The van der Waals surface area contributed by atoms with Gasteiger partial charge in [0.2, 0.25) is 5.91 Å². The zero-order valence-electron chi connectivity index (χ0n) is 21.1. The summed E-state index contributed by atoms with van der Waals surface area (Å²) < 4.78 is 32.6. The molecular formula is C25H31F2N5O5S. The summed E-state index contributed by atoms with van der Waals surface area (Å²) in [7, 11) is 0. The fourth-order valence-electron chi connectivity index (χ4n) is 3.64. The van der Waals surface area contributed by atoms with Crippen molar-refractivity contribution in [3.63, 3.8) is 0 Å². The third-order valence-corrected chi connectivity index (χ3v) is 6.10. The molecule has 3 rings (SSSR count). The highest BCUT2D eigenvalue weighted by molar-refractivity contribution is 7.07. The number of hydrogen-bond donors (Lipinski definition) is 3. The fourth-order valence-corrected chi connectivity index (χ4v) is 4.19. The van der Waals surface area contributed by atoms with Crippen LogP contribution in [0.3, 0.4) is 0 Å². The van der Waals surface area contributed by atoms with Crippen LogP contribution < -0.4 is 5.32 Å². The lowest BCUT2D eigenvalue weighted by Crippen LogP contribution is -2.56. The first-order valence-electron chi connectivity index (χ1n) is 11.9. The number of ether oxygens (including phenoxy) is 1. The van der Waals surface area contributed by atoms with Gasteiger partial charge in [0.15, 0.2) is 5.70 Å². The van der Waals surface area contributed by atoms with Crippen LogP contribution in [0.2, 0.25) is 0 Å². The van der Waals surface area contributed by atoms with E-state index in [9.17, 15) is 28.6 Å². The van der Waals surface area contributed by atoms with Crippen molar-refractivity contribution in [1.29, 1.82) is 0 Å². The van der Waals surface area contributed by atoms with Crippen LogP contribution in [-0.4, -0.2) is 74.5 Å². The molecule has 1 aliphatic heterocycles. The maximum absolute atomic E-state index is 13.9. The first-order valence-corrected chi connectivity index (χ1v) is 12.9. The third-order valence-electron chi connectivity index (χ3n) is 5.47. The maximum Gasteiger partial charge on any atom is 0.276 e. The van der Waals surface area contributed by atoms with E-state index in [1.807, 2.05) is 19.2 Å². The molecular weight excluding hydrogens is 520 g/mol. The number of hydrazine groups is 1. The second-order valence-corrected chi connectivity index (χ2v) is 9.41. The molecule has 13 heteroatoms. The Morgan fingerprint density at radius 3 is 2.79 bits per heavy atom. The molecule has 0 saturated carbocycles. The number of carbonyl (C=O) groups excluding carboxylic acids is 2. The van der Waals surface area contributed by atoms with Gasteiger partial charge >= 0.3 is 0 Å². The summed E-state index contributed by atoms with van der Waals surface area (Å²) in [6, 6.07) is 3.04. The molecule has 38 heavy (non-hydrogen) atoms. The molecule has 1 saturated heterocycles. The summed E-state index contributed by atoms with van der Waals surface area (Å²) in [6.45, 7) is 3.98. The topological polar surface area (TPSA) is 118 Å². The van der Waals surface area contributed by atoms with E-state index in [0.717, 1.165) is 18.2 Å². The minimum atomic E-state index is -0.795. The number of halogens is 2. The van der Waals surface area contributed by atoms with Gasteiger partial charge in [-0.05, 0) is 26.3 Å². The van der Waals surface area contributed by atoms with Gasteiger partial charge in [0, 0.05) is 49.0 Å². The van der Waals surface area contributed by atoms with E-state index in [2.05, 4.69) is 10.3 Å². The molecule has 0 bridgehead atoms. The Labute approximate surface area is 223 Å². The second kappa shape index (κ2) is 14.0. The minimum absolute atomic E-state index is 0.0495. The number of aromatic nitrogens is 1. The number of aliphatic hydroxyl groups is 2. The summed E-state index contributed by atoms with van der Waals surface area (Å²) in [5.74, 6) is -3.24. The van der Waals surface area contributed by atoms with Crippen LogP contribution in [0.15, 0.2) is 52.8 Å².